The average Bonchev–Trinajstić information content (AvgIpc) is 3.40. The van der Waals surface area contributed by atoms with E-state index >= 15 is 0 Å². The van der Waals surface area contributed by atoms with Crippen molar-refractivity contribution in [3.05, 3.63) is 35.8 Å². The molecular formula is C19H23N7O. The topological polar surface area (TPSA) is 99.7 Å². The minimum Gasteiger partial charge on any atom is -0.355 e. The van der Waals surface area contributed by atoms with E-state index in [4.69, 9.17) is 0 Å². The molecule has 0 aromatic carbocycles. The molecule has 1 saturated carbocycles. The molecule has 0 spiro atoms. The fourth-order valence-electron chi connectivity index (χ4n) is 3.97. The van der Waals surface area contributed by atoms with Gasteiger partial charge in [0.1, 0.15) is 11.9 Å². The lowest BCUT2D eigenvalue weighted by Gasteiger charge is -2.32. The van der Waals surface area contributed by atoms with Gasteiger partial charge in [-0.15, -0.1) is 5.10 Å². The van der Waals surface area contributed by atoms with Crippen LogP contribution >= 0.6 is 0 Å². The van der Waals surface area contributed by atoms with Crippen molar-refractivity contribution < 1.29 is 4.79 Å². The van der Waals surface area contributed by atoms with Crippen LogP contribution < -0.4 is 10.2 Å². The molecule has 0 unspecified atom stereocenters. The molecule has 2 fully saturated rings. The number of aromatic nitrogens is 4. The summed E-state index contributed by atoms with van der Waals surface area (Å²) in [6.45, 7) is 1.58. The molecular weight excluding hydrogens is 342 g/mol. The van der Waals surface area contributed by atoms with Crippen LogP contribution in [0, 0.1) is 11.3 Å². The third-order valence-corrected chi connectivity index (χ3v) is 5.48. The lowest BCUT2D eigenvalue weighted by atomic mass is 10.0. The van der Waals surface area contributed by atoms with Gasteiger partial charge in [0.2, 0.25) is 0 Å². The Labute approximate surface area is 158 Å². The largest absolute Gasteiger partial charge is 0.355 e. The summed E-state index contributed by atoms with van der Waals surface area (Å²) in [7, 11) is 0. The number of piperidine rings is 1. The summed E-state index contributed by atoms with van der Waals surface area (Å²) < 4.78 is 1.81. The Kier molecular flexibility index (Phi) is 5.01. The van der Waals surface area contributed by atoms with Crippen molar-refractivity contribution in [2.24, 2.45) is 0 Å². The van der Waals surface area contributed by atoms with E-state index in [1.165, 1.54) is 12.8 Å². The highest BCUT2D eigenvalue weighted by molar-refractivity contribution is 5.92. The molecule has 140 valence electrons. The number of nitriles is 1. The number of carbonyl (C=O) groups excluding carboxylic acids is 1. The number of hydrogen-bond acceptors (Lipinski definition) is 6. The Morgan fingerprint density at radius 3 is 2.74 bits per heavy atom. The molecule has 0 radical (unpaired) electrons. The van der Waals surface area contributed by atoms with Crippen LogP contribution in [0.5, 0.6) is 0 Å². The van der Waals surface area contributed by atoms with E-state index in [1.807, 2.05) is 4.68 Å². The lowest BCUT2D eigenvalue weighted by molar-refractivity contribution is 0.0932. The van der Waals surface area contributed by atoms with Gasteiger partial charge >= 0.3 is 0 Å². The van der Waals surface area contributed by atoms with Crippen LogP contribution in [0.25, 0.3) is 0 Å². The molecule has 2 aromatic heterocycles. The molecule has 0 atom stereocenters. The van der Waals surface area contributed by atoms with E-state index in [0.29, 0.717) is 11.3 Å². The second-order valence-electron chi connectivity index (χ2n) is 7.24. The van der Waals surface area contributed by atoms with Gasteiger partial charge in [0.15, 0.2) is 5.69 Å². The van der Waals surface area contributed by atoms with Gasteiger partial charge in [0.25, 0.3) is 5.91 Å². The average molecular weight is 365 g/mol. The van der Waals surface area contributed by atoms with Crippen LogP contribution in [0.3, 0.4) is 0 Å². The molecule has 8 heteroatoms. The molecule has 2 aliphatic rings. The zero-order valence-corrected chi connectivity index (χ0v) is 15.2. The maximum absolute atomic E-state index is 12.3. The summed E-state index contributed by atoms with van der Waals surface area (Å²) in [4.78, 5) is 18.8. The van der Waals surface area contributed by atoms with Crippen LogP contribution in [0.4, 0.5) is 5.82 Å². The van der Waals surface area contributed by atoms with Crippen molar-refractivity contribution in [3.63, 3.8) is 0 Å². The zero-order valence-electron chi connectivity index (χ0n) is 15.2. The number of anilines is 1. The fourth-order valence-corrected chi connectivity index (χ4v) is 3.97. The Morgan fingerprint density at radius 1 is 1.22 bits per heavy atom. The van der Waals surface area contributed by atoms with Crippen LogP contribution in [0.1, 0.15) is 60.6 Å². The number of nitrogens with zero attached hydrogens (tertiary/aromatic N) is 6. The van der Waals surface area contributed by atoms with Crippen molar-refractivity contribution in [2.75, 3.05) is 18.0 Å². The van der Waals surface area contributed by atoms with E-state index < -0.39 is 0 Å². The third-order valence-electron chi connectivity index (χ3n) is 5.48. The minimum absolute atomic E-state index is 0.127. The molecule has 4 rings (SSSR count). The predicted molar refractivity (Wildman–Crippen MR) is 99.2 cm³/mol. The van der Waals surface area contributed by atoms with Crippen molar-refractivity contribution in [1.29, 1.82) is 5.26 Å². The fraction of sp³-hybridized carbons (Fsp3) is 0.526. The summed E-state index contributed by atoms with van der Waals surface area (Å²) in [5.41, 5.74) is 0.989. The molecule has 1 amide bonds. The van der Waals surface area contributed by atoms with Gasteiger partial charge in [0.05, 0.1) is 17.8 Å². The predicted octanol–water partition coefficient (Wildman–Crippen LogP) is 2.06. The molecule has 1 saturated heterocycles. The Balaban J connectivity index is 1.37. The first-order valence-corrected chi connectivity index (χ1v) is 9.57. The number of pyridine rings is 1. The van der Waals surface area contributed by atoms with E-state index in [-0.39, 0.29) is 18.0 Å². The Morgan fingerprint density at radius 2 is 2.00 bits per heavy atom. The molecule has 0 bridgehead atoms. The summed E-state index contributed by atoms with van der Waals surface area (Å²) in [6.07, 6.45) is 9.68. The number of rotatable bonds is 4. The maximum atomic E-state index is 12.3. The molecule has 3 heterocycles. The number of carbonyl (C=O) groups is 1. The second kappa shape index (κ2) is 7.74. The molecule has 1 aliphatic carbocycles. The van der Waals surface area contributed by atoms with Crippen molar-refractivity contribution in [1.82, 2.24) is 25.3 Å². The highest BCUT2D eigenvalue weighted by Gasteiger charge is 2.25. The van der Waals surface area contributed by atoms with Crippen LogP contribution in [-0.4, -0.2) is 45.0 Å². The third kappa shape index (κ3) is 3.77. The first-order chi connectivity index (χ1) is 13.2. The lowest BCUT2D eigenvalue weighted by Crippen LogP contribution is -2.35. The summed E-state index contributed by atoms with van der Waals surface area (Å²) in [5, 5.41) is 20.6. The van der Waals surface area contributed by atoms with Crippen molar-refractivity contribution >= 4 is 11.7 Å². The SMILES string of the molecule is N#Cc1cccnc1N1CCC(n2cc(C(=O)NC3CCCC3)nn2)CC1. The molecule has 2 aromatic rings. The van der Waals surface area contributed by atoms with E-state index in [9.17, 15) is 10.1 Å². The highest BCUT2D eigenvalue weighted by Crippen LogP contribution is 2.26. The first-order valence-electron chi connectivity index (χ1n) is 9.57. The van der Waals surface area contributed by atoms with Crippen LogP contribution in [0.2, 0.25) is 0 Å². The zero-order chi connectivity index (χ0) is 18.6. The first kappa shape index (κ1) is 17.5. The second-order valence-corrected chi connectivity index (χ2v) is 7.24. The van der Waals surface area contributed by atoms with E-state index in [1.54, 1.807) is 24.5 Å². The normalized spacial score (nSPS) is 18.4. The monoisotopic (exact) mass is 365 g/mol. The van der Waals surface area contributed by atoms with E-state index in [0.717, 1.165) is 44.6 Å². The van der Waals surface area contributed by atoms with Crippen molar-refractivity contribution in [2.45, 2.75) is 50.6 Å². The van der Waals surface area contributed by atoms with Crippen LogP contribution in [-0.2, 0) is 0 Å². The molecule has 8 nitrogen and oxygen atoms in total. The summed E-state index contributed by atoms with van der Waals surface area (Å²) in [5.74, 6) is 0.617. The van der Waals surface area contributed by atoms with E-state index in [2.05, 4.69) is 31.6 Å². The van der Waals surface area contributed by atoms with Gasteiger partial charge in [-0.3, -0.25) is 4.79 Å². The Hall–Kier alpha value is -2.95. The van der Waals surface area contributed by atoms with Gasteiger partial charge in [-0.1, -0.05) is 18.1 Å². The molecule has 1 N–H and O–H groups in total. The summed E-state index contributed by atoms with van der Waals surface area (Å²) >= 11 is 0. The number of nitrogens with one attached hydrogen (secondary N) is 1. The molecule has 1 aliphatic heterocycles. The van der Waals surface area contributed by atoms with Gasteiger partial charge in [-0.05, 0) is 37.8 Å². The minimum atomic E-state index is -0.127. The van der Waals surface area contributed by atoms with Crippen LogP contribution in [0.15, 0.2) is 24.5 Å². The van der Waals surface area contributed by atoms with Gasteiger partial charge < -0.3 is 10.2 Å². The summed E-state index contributed by atoms with van der Waals surface area (Å²) in [6, 6.07) is 6.26. The van der Waals surface area contributed by atoms with Crippen molar-refractivity contribution in [3.8, 4) is 6.07 Å². The molecule has 27 heavy (non-hydrogen) atoms. The number of amides is 1. The quantitative estimate of drug-likeness (QED) is 0.890. The Bertz CT molecular complexity index is 842. The number of hydrogen-bond donors (Lipinski definition) is 1. The maximum Gasteiger partial charge on any atom is 0.273 e. The van der Waals surface area contributed by atoms with Gasteiger partial charge in [-0.2, -0.15) is 5.26 Å². The van der Waals surface area contributed by atoms with Gasteiger partial charge in [0, 0.05) is 25.3 Å². The highest BCUT2D eigenvalue weighted by atomic mass is 16.2. The standard InChI is InChI=1S/C19H23N7O/c20-12-14-4-3-9-21-18(14)25-10-7-16(8-11-25)26-13-17(23-24-26)19(27)22-15-5-1-2-6-15/h3-4,9,13,15-16H,1-2,5-8,10-11H2,(H,22,27). The smallest absolute Gasteiger partial charge is 0.273 e. The van der Waals surface area contributed by atoms with Gasteiger partial charge in [-0.25, -0.2) is 9.67 Å².